The number of benzene rings is 1. The van der Waals surface area contributed by atoms with E-state index < -0.39 is 0 Å². The summed E-state index contributed by atoms with van der Waals surface area (Å²) in [5.41, 5.74) is 1.56. The van der Waals surface area contributed by atoms with Gasteiger partial charge in [0.15, 0.2) is 0 Å². The van der Waals surface area contributed by atoms with Crippen molar-refractivity contribution in [1.29, 1.82) is 5.26 Å². The third-order valence-electron chi connectivity index (χ3n) is 2.43. The van der Waals surface area contributed by atoms with Crippen LogP contribution in [0.3, 0.4) is 0 Å². The lowest BCUT2D eigenvalue weighted by molar-refractivity contribution is -0.120. The molecule has 0 aliphatic heterocycles. The van der Waals surface area contributed by atoms with Crippen molar-refractivity contribution in [3.63, 3.8) is 0 Å². The van der Waals surface area contributed by atoms with Crippen molar-refractivity contribution in [3.05, 3.63) is 35.4 Å². The van der Waals surface area contributed by atoms with E-state index >= 15 is 0 Å². The van der Waals surface area contributed by atoms with Crippen LogP contribution in [0.4, 0.5) is 0 Å². The van der Waals surface area contributed by atoms with Gasteiger partial charge in [0.25, 0.3) is 0 Å². The average molecular weight is 241 g/mol. The highest BCUT2D eigenvalue weighted by molar-refractivity contribution is 5.78. The van der Waals surface area contributed by atoms with Gasteiger partial charge in [0, 0.05) is 0 Å². The van der Waals surface area contributed by atoms with Crippen LogP contribution in [0.2, 0.25) is 0 Å². The summed E-state index contributed by atoms with van der Waals surface area (Å²) in [4.78, 5) is 11.5. The predicted molar refractivity (Wildman–Crippen MR) is 69.4 cm³/mol. The largest absolute Gasteiger partial charge is 0.348 e. The van der Waals surface area contributed by atoms with Crippen LogP contribution in [0.1, 0.15) is 24.1 Å². The summed E-state index contributed by atoms with van der Waals surface area (Å²) >= 11 is 0. The fourth-order valence-corrected chi connectivity index (χ4v) is 1.47. The molecule has 0 radical (unpaired) electrons. The molecule has 1 unspecified atom stereocenters. The van der Waals surface area contributed by atoms with Gasteiger partial charge in [0.2, 0.25) is 5.91 Å². The second-order valence-corrected chi connectivity index (χ2v) is 3.83. The summed E-state index contributed by atoms with van der Waals surface area (Å²) in [7, 11) is 0. The summed E-state index contributed by atoms with van der Waals surface area (Å²) < 4.78 is 0. The highest BCUT2D eigenvalue weighted by atomic mass is 16.1. The number of rotatable bonds is 5. The molecule has 18 heavy (non-hydrogen) atoms. The fourth-order valence-electron chi connectivity index (χ4n) is 1.47. The van der Waals surface area contributed by atoms with E-state index in [2.05, 4.69) is 22.6 Å². The number of nitrogens with zero attached hydrogens (tertiary/aromatic N) is 1. The Balaban J connectivity index is 2.49. The van der Waals surface area contributed by atoms with Gasteiger partial charge in [0.05, 0.1) is 30.8 Å². The summed E-state index contributed by atoms with van der Waals surface area (Å²) in [6.07, 6.45) is 5.06. The molecule has 1 amide bonds. The molecule has 2 N–H and O–H groups in total. The van der Waals surface area contributed by atoms with Gasteiger partial charge < -0.3 is 5.32 Å². The molecule has 0 fully saturated rings. The van der Waals surface area contributed by atoms with Crippen LogP contribution >= 0.6 is 0 Å². The second-order valence-electron chi connectivity index (χ2n) is 3.83. The number of amides is 1. The van der Waals surface area contributed by atoms with Crippen molar-refractivity contribution < 1.29 is 4.79 Å². The van der Waals surface area contributed by atoms with Crippen LogP contribution in [-0.4, -0.2) is 19.0 Å². The number of carbonyl (C=O) groups excluding carboxylic acids is 1. The van der Waals surface area contributed by atoms with Crippen LogP contribution in [-0.2, 0) is 4.79 Å². The molecule has 0 bridgehead atoms. The Hall–Kier alpha value is -2.30. The zero-order valence-electron chi connectivity index (χ0n) is 10.2. The van der Waals surface area contributed by atoms with Gasteiger partial charge in [-0.25, -0.2) is 0 Å². The van der Waals surface area contributed by atoms with Crippen molar-refractivity contribution in [1.82, 2.24) is 10.6 Å². The molecular weight excluding hydrogens is 226 g/mol. The number of terminal acetylenes is 1. The van der Waals surface area contributed by atoms with Gasteiger partial charge in [-0.3, -0.25) is 10.1 Å². The van der Waals surface area contributed by atoms with E-state index in [9.17, 15) is 4.79 Å². The maximum absolute atomic E-state index is 11.5. The van der Waals surface area contributed by atoms with E-state index in [4.69, 9.17) is 11.7 Å². The Morgan fingerprint density at radius 3 is 2.67 bits per heavy atom. The molecule has 1 rings (SSSR count). The highest BCUT2D eigenvalue weighted by Crippen LogP contribution is 2.12. The molecule has 0 saturated heterocycles. The molecule has 0 spiro atoms. The highest BCUT2D eigenvalue weighted by Gasteiger charge is 2.08. The second kappa shape index (κ2) is 7.11. The van der Waals surface area contributed by atoms with Gasteiger partial charge in [0.1, 0.15) is 0 Å². The third-order valence-corrected chi connectivity index (χ3v) is 2.43. The molecular formula is C14H15N3O. The molecule has 4 heteroatoms. The minimum absolute atomic E-state index is 0.0992. The Morgan fingerprint density at radius 1 is 1.44 bits per heavy atom. The van der Waals surface area contributed by atoms with Crippen molar-refractivity contribution >= 4 is 5.91 Å². The first-order valence-corrected chi connectivity index (χ1v) is 5.61. The van der Waals surface area contributed by atoms with E-state index in [0.717, 1.165) is 5.56 Å². The maximum Gasteiger partial charge on any atom is 0.234 e. The summed E-state index contributed by atoms with van der Waals surface area (Å²) in [6, 6.07) is 9.08. The lowest BCUT2D eigenvalue weighted by Gasteiger charge is -2.14. The molecule has 0 saturated carbocycles. The topological polar surface area (TPSA) is 64.9 Å². The first-order valence-electron chi connectivity index (χ1n) is 5.61. The standard InChI is InChI=1S/C14H15N3O/c1-3-8-16-10-14(18)17-11(2)13-6-4-12(9-15)5-7-13/h1,4-7,11,16H,8,10H2,2H3,(H,17,18). The molecule has 0 aliphatic rings. The lowest BCUT2D eigenvalue weighted by Crippen LogP contribution is -2.35. The summed E-state index contributed by atoms with van der Waals surface area (Å²) in [5, 5.41) is 14.3. The predicted octanol–water partition coefficient (Wildman–Crippen LogP) is 0.958. The molecule has 4 nitrogen and oxygen atoms in total. The van der Waals surface area contributed by atoms with Gasteiger partial charge in [-0.2, -0.15) is 5.26 Å². The van der Waals surface area contributed by atoms with Gasteiger partial charge in [-0.05, 0) is 24.6 Å². The van der Waals surface area contributed by atoms with E-state index in [1.807, 2.05) is 19.1 Å². The first-order chi connectivity index (χ1) is 8.67. The minimum Gasteiger partial charge on any atom is -0.348 e. The summed E-state index contributed by atoms with van der Waals surface area (Å²) in [6.45, 7) is 2.46. The van der Waals surface area contributed by atoms with Crippen LogP contribution in [0, 0.1) is 23.7 Å². The number of carbonyl (C=O) groups is 1. The Labute approximate surface area is 107 Å². The van der Waals surface area contributed by atoms with Crippen LogP contribution in [0.15, 0.2) is 24.3 Å². The Kier molecular flexibility index (Phi) is 5.44. The normalized spacial score (nSPS) is 11.1. The number of nitrogens with one attached hydrogen (secondary N) is 2. The Morgan fingerprint density at radius 2 is 2.11 bits per heavy atom. The molecule has 1 aromatic carbocycles. The quantitative estimate of drug-likeness (QED) is 0.596. The zero-order chi connectivity index (χ0) is 13.4. The van der Waals surface area contributed by atoms with Gasteiger partial charge in [-0.1, -0.05) is 18.1 Å². The first kappa shape index (κ1) is 13.8. The van der Waals surface area contributed by atoms with E-state index in [1.54, 1.807) is 12.1 Å². The Bertz CT molecular complexity index is 479. The SMILES string of the molecule is C#CCNCC(=O)NC(C)c1ccc(C#N)cc1. The van der Waals surface area contributed by atoms with E-state index in [1.165, 1.54) is 0 Å². The smallest absolute Gasteiger partial charge is 0.234 e. The van der Waals surface area contributed by atoms with Gasteiger partial charge >= 0.3 is 0 Å². The fraction of sp³-hybridized carbons (Fsp3) is 0.286. The number of hydrogen-bond acceptors (Lipinski definition) is 3. The number of nitriles is 1. The molecule has 0 aromatic heterocycles. The zero-order valence-corrected chi connectivity index (χ0v) is 10.2. The van der Waals surface area contributed by atoms with Crippen LogP contribution < -0.4 is 10.6 Å². The monoisotopic (exact) mass is 241 g/mol. The molecule has 1 atom stereocenters. The van der Waals surface area contributed by atoms with Crippen LogP contribution in [0.25, 0.3) is 0 Å². The molecule has 0 heterocycles. The van der Waals surface area contributed by atoms with Crippen molar-refractivity contribution in [3.8, 4) is 18.4 Å². The molecule has 1 aromatic rings. The lowest BCUT2D eigenvalue weighted by atomic mass is 10.1. The number of hydrogen-bond donors (Lipinski definition) is 2. The molecule has 0 aliphatic carbocycles. The molecule has 92 valence electrons. The minimum atomic E-state index is -0.109. The van der Waals surface area contributed by atoms with Gasteiger partial charge in [-0.15, -0.1) is 6.42 Å². The maximum atomic E-state index is 11.5. The van der Waals surface area contributed by atoms with E-state index in [-0.39, 0.29) is 18.5 Å². The van der Waals surface area contributed by atoms with Crippen molar-refractivity contribution in [2.24, 2.45) is 0 Å². The summed E-state index contributed by atoms with van der Waals surface area (Å²) in [5.74, 6) is 2.29. The van der Waals surface area contributed by atoms with E-state index in [0.29, 0.717) is 12.1 Å². The van der Waals surface area contributed by atoms with Crippen LogP contribution in [0.5, 0.6) is 0 Å². The van der Waals surface area contributed by atoms with Crippen molar-refractivity contribution in [2.75, 3.05) is 13.1 Å². The average Bonchev–Trinajstić information content (AvgIpc) is 2.39. The third kappa shape index (κ3) is 4.29. The van der Waals surface area contributed by atoms with Crippen molar-refractivity contribution in [2.45, 2.75) is 13.0 Å².